The van der Waals surface area contributed by atoms with Gasteiger partial charge in [-0.05, 0) is 43.8 Å². The molecule has 0 spiro atoms. The number of thiophene rings is 1. The van der Waals surface area contributed by atoms with Gasteiger partial charge in [0.2, 0.25) is 5.91 Å². The number of rotatable bonds is 6. The summed E-state index contributed by atoms with van der Waals surface area (Å²) < 4.78 is 0. The molecular formula is C20H34IN5OS. The summed E-state index contributed by atoms with van der Waals surface area (Å²) in [5, 5.41) is 9.20. The van der Waals surface area contributed by atoms with E-state index in [9.17, 15) is 4.79 Å². The molecule has 28 heavy (non-hydrogen) atoms. The average Bonchev–Trinajstić information content (AvgIpc) is 3.42. The molecule has 0 aromatic carbocycles. The molecule has 1 aromatic rings. The lowest BCUT2D eigenvalue weighted by molar-refractivity contribution is -0.133. The van der Waals surface area contributed by atoms with Gasteiger partial charge in [0.1, 0.15) is 0 Å². The minimum absolute atomic E-state index is 0. The van der Waals surface area contributed by atoms with Crippen LogP contribution in [0.3, 0.4) is 0 Å². The molecule has 2 atom stereocenters. The number of hydrogen-bond acceptors (Lipinski definition) is 4. The maximum absolute atomic E-state index is 12.2. The Labute approximate surface area is 190 Å². The van der Waals surface area contributed by atoms with Crippen molar-refractivity contribution in [2.24, 2.45) is 10.9 Å². The van der Waals surface area contributed by atoms with Gasteiger partial charge in [-0.3, -0.25) is 14.7 Å². The quantitative estimate of drug-likeness (QED) is 0.345. The van der Waals surface area contributed by atoms with Crippen LogP contribution in [-0.2, 0) is 4.79 Å². The van der Waals surface area contributed by atoms with E-state index in [2.05, 4.69) is 38.0 Å². The van der Waals surface area contributed by atoms with Crippen LogP contribution in [0, 0.1) is 5.92 Å². The summed E-state index contributed by atoms with van der Waals surface area (Å²) >= 11 is 1.83. The van der Waals surface area contributed by atoms with E-state index in [1.807, 2.05) is 37.1 Å². The molecule has 0 bridgehead atoms. The SMILES string of the molecule is CN=C(NCC(c1cccs1)N1CCCC1)NC1CCN(C(=O)C(C)C)C1.I. The van der Waals surface area contributed by atoms with Crippen molar-refractivity contribution in [3.63, 3.8) is 0 Å². The molecule has 2 fully saturated rings. The Morgan fingerprint density at radius 2 is 2.07 bits per heavy atom. The van der Waals surface area contributed by atoms with E-state index < -0.39 is 0 Å². The second-order valence-electron chi connectivity index (χ2n) is 7.80. The molecule has 3 heterocycles. The first kappa shape index (κ1) is 23.4. The number of hydrogen-bond donors (Lipinski definition) is 2. The van der Waals surface area contributed by atoms with Crippen LogP contribution in [-0.4, -0.2) is 67.5 Å². The Morgan fingerprint density at radius 1 is 1.32 bits per heavy atom. The van der Waals surface area contributed by atoms with E-state index in [0.717, 1.165) is 32.0 Å². The van der Waals surface area contributed by atoms with Gasteiger partial charge in [0, 0.05) is 43.5 Å². The zero-order valence-corrected chi connectivity index (χ0v) is 20.3. The number of aliphatic imine (C=N–C) groups is 1. The van der Waals surface area contributed by atoms with Crippen LogP contribution >= 0.6 is 35.3 Å². The maximum Gasteiger partial charge on any atom is 0.225 e. The van der Waals surface area contributed by atoms with Crippen LogP contribution in [0.15, 0.2) is 22.5 Å². The Morgan fingerprint density at radius 3 is 2.68 bits per heavy atom. The first-order chi connectivity index (χ1) is 13.1. The maximum atomic E-state index is 12.2. The van der Waals surface area contributed by atoms with Crippen LogP contribution < -0.4 is 10.6 Å². The lowest BCUT2D eigenvalue weighted by atomic mass is 10.2. The van der Waals surface area contributed by atoms with Crippen molar-refractivity contribution in [3.05, 3.63) is 22.4 Å². The van der Waals surface area contributed by atoms with Crippen molar-refractivity contribution in [1.82, 2.24) is 20.4 Å². The fraction of sp³-hybridized carbons (Fsp3) is 0.700. The molecule has 2 unspecified atom stereocenters. The third-order valence-corrected chi connectivity index (χ3v) is 6.45. The smallest absolute Gasteiger partial charge is 0.225 e. The van der Waals surface area contributed by atoms with Gasteiger partial charge in [-0.2, -0.15) is 0 Å². The van der Waals surface area contributed by atoms with Crippen molar-refractivity contribution in [3.8, 4) is 0 Å². The topological polar surface area (TPSA) is 60.0 Å². The summed E-state index contributed by atoms with van der Waals surface area (Å²) in [5.41, 5.74) is 0. The van der Waals surface area contributed by atoms with Gasteiger partial charge in [-0.25, -0.2) is 0 Å². The van der Waals surface area contributed by atoms with Crippen LogP contribution in [0.4, 0.5) is 0 Å². The van der Waals surface area contributed by atoms with E-state index in [-0.39, 0.29) is 41.8 Å². The van der Waals surface area contributed by atoms with Crippen molar-refractivity contribution < 1.29 is 4.79 Å². The number of halogens is 1. The number of nitrogens with one attached hydrogen (secondary N) is 2. The largest absolute Gasteiger partial charge is 0.354 e. The number of nitrogens with zero attached hydrogens (tertiary/aromatic N) is 3. The summed E-state index contributed by atoms with van der Waals surface area (Å²) in [7, 11) is 1.82. The molecule has 0 saturated carbocycles. The van der Waals surface area contributed by atoms with Gasteiger partial charge in [-0.1, -0.05) is 19.9 Å². The van der Waals surface area contributed by atoms with Gasteiger partial charge in [-0.15, -0.1) is 35.3 Å². The summed E-state index contributed by atoms with van der Waals surface area (Å²) in [6.45, 7) is 8.71. The Kier molecular flexibility index (Phi) is 9.49. The zero-order valence-electron chi connectivity index (χ0n) is 17.2. The fourth-order valence-corrected chi connectivity index (χ4v) is 4.83. The molecule has 0 radical (unpaired) electrons. The molecule has 6 nitrogen and oxygen atoms in total. The van der Waals surface area contributed by atoms with Gasteiger partial charge in [0.15, 0.2) is 5.96 Å². The lowest BCUT2D eigenvalue weighted by Crippen LogP contribution is -2.47. The molecule has 8 heteroatoms. The molecule has 1 amide bonds. The highest BCUT2D eigenvalue weighted by atomic mass is 127. The standard InChI is InChI=1S/C20H33N5OS.HI/c1-15(2)19(26)25-11-8-16(14-25)23-20(21-3)22-13-17(18-7-6-12-27-18)24-9-4-5-10-24;/h6-7,12,15-17H,4-5,8-11,13-14H2,1-3H3,(H2,21,22,23);1H. The minimum Gasteiger partial charge on any atom is -0.354 e. The molecule has 2 aliphatic heterocycles. The van der Waals surface area contributed by atoms with Crippen LogP contribution in [0.1, 0.15) is 44.0 Å². The van der Waals surface area contributed by atoms with Crippen LogP contribution in [0.2, 0.25) is 0 Å². The number of amides is 1. The Bertz CT molecular complexity index is 631. The normalized spacial score (nSPS) is 21.6. The number of carbonyl (C=O) groups is 1. The van der Waals surface area contributed by atoms with Crippen molar-refractivity contribution >= 4 is 47.2 Å². The monoisotopic (exact) mass is 519 g/mol. The highest BCUT2D eigenvalue weighted by molar-refractivity contribution is 14.0. The number of guanidine groups is 1. The van der Waals surface area contributed by atoms with Crippen molar-refractivity contribution in [2.45, 2.75) is 45.2 Å². The average molecular weight is 519 g/mol. The first-order valence-electron chi connectivity index (χ1n) is 10.1. The first-order valence-corrected chi connectivity index (χ1v) is 11.0. The predicted molar refractivity (Wildman–Crippen MR) is 128 cm³/mol. The van der Waals surface area contributed by atoms with Gasteiger partial charge in [0.25, 0.3) is 0 Å². The minimum atomic E-state index is 0. The van der Waals surface area contributed by atoms with Gasteiger partial charge in [0.05, 0.1) is 6.04 Å². The second kappa shape index (κ2) is 11.3. The van der Waals surface area contributed by atoms with E-state index in [1.54, 1.807) is 0 Å². The fourth-order valence-electron chi connectivity index (χ4n) is 3.97. The Hall–Kier alpha value is -0.870. The second-order valence-corrected chi connectivity index (χ2v) is 8.78. The number of likely N-dealkylation sites (tertiary alicyclic amines) is 2. The van der Waals surface area contributed by atoms with Crippen LogP contribution in [0.5, 0.6) is 0 Å². The number of carbonyl (C=O) groups excluding carboxylic acids is 1. The van der Waals surface area contributed by atoms with E-state index in [0.29, 0.717) is 6.04 Å². The molecular weight excluding hydrogens is 485 g/mol. The van der Waals surface area contributed by atoms with Crippen molar-refractivity contribution in [2.75, 3.05) is 39.8 Å². The van der Waals surface area contributed by atoms with Gasteiger partial charge < -0.3 is 15.5 Å². The molecule has 2 N–H and O–H groups in total. The third kappa shape index (κ3) is 6.06. The highest BCUT2D eigenvalue weighted by Gasteiger charge is 2.29. The third-order valence-electron chi connectivity index (χ3n) is 5.47. The molecule has 3 rings (SSSR count). The van der Waals surface area contributed by atoms with E-state index in [1.165, 1.54) is 30.8 Å². The summed E-state index contributed by atoms with van der Waals surface area (Å²) in [5.74, 6) is 1.14. The molecule has 2 aliphatic rings. The highest BCUT2D eigenvalue weighted by Crippen LogP contribution is 2.27. The molecule has 158 valence electrons. The van der Waals surface area contributed by atoms with E-state index >= 15 is 0 Å². The van der Waals surface area contributed by atoms with E-state index in [4.69, 9.17) is 0 Å². The Balaban J connectivity index is 0.00000280. The summed E-state index contributed by atoms with van der Waals surface area (Å²) in [6.07, 6.45) is 3.55. The summed E-state index contributed by atoms with van der Waals surface area (Å²) in [6, 6.07) is 5.03. The molecule has 2 saturated heterocycles. The molecule has 1 aromatic heterocycles. The molecule has 0 aliphatic carbocycles. The zero-order chi connectivity index (χ0) is 19.2. The lowest BCUT2D eigenvalue weighted by Gasteiger charge is -2.28. The van der Waals surface area contributed by atoms with Crippen LogP contribution in [0.25, 0.3) is 0 Å². The predicted octanol–water partition coefficient (Wildman–Crippen LogP) is 2.92. The van der Waals surface area contributed by atoms with Crippen molar-refractivity contribution in [1.29, 1.82) is 0 Å². The summed E-state index contributed by atoms with van der Waals surface area (Å²) in [4.78, 5) is 22.6. The van der Waals surface area contributed by atoms with Gasteiger partial charge >= 0.3 is 0 Å².